The van der Waals surface area contributed by atoms with E-state index in [4.69, 9.17) is 36.8 Å². The minimum absolute atomic E-state index is 0.0838. The van der Waals surface area contributed by atoms with Gasteiger partial charge in [0.1, 0.15) is 10.1 Å². The zero-order chi connectivity index (χ0) is 54.4. The maximum Gasteiger partial charge on any atom is 0.104 e. The summed E-state index contributed by atoms with van der Waals surface area (Å²) >= 11 is 8.39. The Kier molecular flexibility index (Phi) is 21.7. The van der Waals surface area contributed by atoms with Crippen molar-refractivity contribution in [1.29, 1.82) is 0 Å². The van der Waals surface area contributed by atoms with E-state index in [2.05, 4.69) is 227 Å². The van der Waals surface area contributed by atoms with Gasteiger partial charge in [0.15, 0.2) is 0 Å². The SMILES string of the molecule is S[C@@H](c1ccccc1)[C@@H]1CN(Cc2ccccc2)CCO1.c1ccc(-c2cccnc2S[C@@H](c2ccccc2)[C@@H]2CNCCO2)cc1.c1ccc(CN2CCO[C@H]([C@@H](Sc3ncccc3-c3ccccc3)c3ccccc3)C2)cc1. The van der Waals surface area contributed by atoms with Gasteiger partial charge >= 0.3 is 0 Å². The van der Waals surface area contributed by atoms with Crippen LogP contribution in [0.1, 0.15) is 43.6 Å². The van der Waals surface area contributed by atoms with Crippen molar-refractivity contribution in [2.45, 2.75) is 57.2 Å². The van der Waals surface area contributed by atoms with Crippen molar-refractivity contribution in [3.05, 3.63) is 277 Å². The van der Waals surface area contributed by atoms with Gasteiger partial charge in [0.25, 0.3) is 0 Å². The first-order valence-electron chi connectivity index (χ1n) is 27.9. The van der Waals surface area contributed by atoms with Gasteiger partial charge < -0.3 is 19.5 Å². The molecule has 80 heavy (non-hydrogen) atoms. The second-order valence-electron chi connectivity index (χ2n) is 20.1. The van der Waals surface area contributed by atoms with Crippen molar-refractivity contribution < 1.29 is 14.2 Å². The van der Waals surface area contributed by atoms with Gasteiger partial charge in [0.05, 0.1) is 53.9 Å². The van der Waals surface area contributed by atoms with Gasteiger partial charge in [0.2, 0.25) is 0 Å². The summed E-state index contributed by atoms with van der Waals surface area (Å²) in [5, 5.41) is 6.02. The number of thioether (sulfide) groups is 2. The van der Waals surface area contributed by atoms with Crippen LogP contribution in [0.25, 0.3) is 22.3 Å². The van der Waals surface area contributed by atoms with Gasteiger partial charge in [-0.1, -0.05) is 248 Å². The predicted molar refractivity (Wildman–Crippen MR) is 333 cm³/mol. The van der Waals surface area contributed by atoms with E-state index >= 15 is 0 Å². The molecule has 7 aromatic carbocycles. The Hall–Kier alpha value is -6.35. The summed E-state index contributed by atoms with van der Waals surface area (Å²) in [5.74, 6) is 0. The molecule has 2 aromatic heterocycles. The second-order valence-corrected chi connectivity index (χ2v) is 22.9. The van der Waals surface area contributed by atoms with E-state index in [-0.39, 0.29) is 34.1 Å². The number of benzene rings is 7. The van der Waals surface area contributed by atoms with Gasteiger partial charge in [0, 0.05) is 75.9 Å². The summed E-state index contributed by atoms with van der Waals surface area (Å²) < 4.78 is 18.4. The largest absolute Gasteiger partial charge is 0.374 e. The number of hydrogen-bond donors (Lipinski definition) is 2. The minimum atomic E-state index is 0.0838. The van der Waals surface area contributed by atoms with E-state index in [1.165, 1.54) is 50.1 Å². The van der Waals surface area contributed by atoms with Gasteiger partial charge in [-0.25, -0.2) is 9.97 Å². The average molecular weight is 1110 g/mol. The molecule has 0 amide bonds. The van der Waals surface area contributed by atoms with Gasteiger partial charge in [-0.3, -0.25) is 9.80 Å². The third kappa shape index (κ3) is 16.4. The van der Waals surface area contributed by atoms with Crippen molar-refractivity contribution in [3.63, 3.8) is 0 Å². The van der Waals surface area contributed by atoms with Crippen LogP contribution in [0, 0.1) is 0 Å². The number of nitrogens with one attached hydrogen (secondary N) is 1. The Balaban J connectivity index is 0.000000139. The fourth-order valence-electron chi connectivity index (χ4n) is 10.3. The highest BCUT2D eigenvalue weighted by molar-refractivity contribution is 7.99. The molecule has 8 nitrogen and oxygen atoms in total. The molecule has 0 aliphatic carbocycles. The summed E-state index contributed by atoms with van der Waals surface area (Å²) in [6.07, 6.45) is 4.12. The second kappa shape index (κ2) is 30.5. The number of ether oxygens (including phenoxy) is 3. The molecule has 6 atom stereocenters. The average Bonchev–Trinajstić information content (AvgIpc) is 3.54. The lowest BCUT2D eigenvalue weighted by molar-refractivity contribution is -0.0320. The molecular formula is C69H71N5O3S3. The van der Waals surface area contributed by atoms with Crippen molar-refractivity contribution in [1.82, 2.24) is 25.1 Å². The Morgan fingerprint density at radius 3 is 1.27 bits per heavy atom. The van der Waals surface area contributed by atoms with Crippen LogP contribution in [0.4, 0.5) is 0 Å². The first-order valence-corrected chi connectivity index (χ1v) is 30.1. The summed E-state index contributed by atoms with van der Waals surface area (Å²) in [5.41, 5.74) is 11.2. The van der Waals surface area contributed by atoms with Crippen LogP contribution < -0.4 is 5.32 Å². The molecule has 9 aromatic rings. The molecule has 3 aliphatic heterocycles. The van der Waals surface area contributed by atoms with Crippen LogP contribution in [-0.4, -0.2) is 97.2 Å². The molecule has 408 valence electrons. The molecule has 0 radical (unpaired) electrons. The Morgan fingerprint density at radius 2 is 0.825 bits per heavy atom. The molecule has 12 rings (SSSR count). The number of morpholine rings is 3. The van der Waals surface area contributed by atoms with Crippen LogP contribution in [0.2, 0.25) is 0 Å². The molecule has 0 saturated carbocycles. The lowest BCUT2D eigenvalue weighted by atomic mass is 10.1. The van der Waals surface area contributed by atoms with Gasteiger partial charge in [-0.2, -0.15) is 12.6 Å². The molecule has 3 aliphatic rings. The molecule has 3 saturated heterocycles. The smallest absolute Gasteiger partial charge is 0.104 e. The van der Waals surface area contributed by atoms with Gasteiger partial charge in [-0.15, -0.1) is 0 Å². The third-order valence-electron chi connectivity index (χ3n) is 14.4. The first-order chi connectivity index (χ1) is 39.6. The van der Waals surface area contributed by atoms with E-state index in [9.17, 15) is 0 Å². The fourth-order valence-corrected chi connectivity index (χ4v) is 13.3. The molecular weight excluding hydrogens is 1040 g/mol. The maximum absolute atomic E-state index is 6.39. The fraction of sp³-hybridized carbons (Fsp3) is 0.246. The molecule has 11 heteroatoms. The van der Waals surface area contributed by atoms with Crippen LogP contribution in [-0.2, 0) is 27.3 Å². The molecule has 3 fully saturated rings. The van der Waals surface area contributed by atoms with Crippen LogP contribution >= 0.6 is 36.2 Å². The Bertz CT molecular complexity index is 3170. The van der Waals surface area contributed by atoms with Crippen LogP contribution in [0.15, 0.2) is 259 Å². The highest BCUT2D eigenvalue weighted by Gasteiger charge is 2.32. The lowest BCUT2D eigenvalue weighted by Crippen LogP contribution is -2.44. The zero-order valence-corrected chi connectivity index (χ0v) is 47.7. The summed E-state index contributed by atoms with van der Waals surface area (Å²) in [4.78, 5) is 14.5. The predicted octanol–water partition coefficient (Wildman–Crippen LogP) is 14.6. The summed E-state index contributed by atoms with van der Waals surface area (Å²) in [7, 11) is 0. The quantitative estimate of drug-likeness (QED) is 0.0722. The number of aromatic nitrogens is 2. The monoisotopic (exact) mass is 1110 g/mol. The van der Waals surface area contributed by atoms with Crippen LogP contribution in [0.5, 0.6) is 0 Å². The highest BCUT2D eigenvalue weighted by atomic mass is 32.2. The first kappa shape index (κ1) is 56.9. The Morgan fingerprint density at radius 1 is 0.438 bits per heavy atom. The van der Waals surface area contributed by atoms with E-state index in [1.54, 1.807) is 11.8 Å². The number of thiol groups is 1. The van der Waals surface area contributed by atoms with Crippen molar-refractivity contribution in [3.8, 4) is 22.3 Å². The van der Waals surface area contributed by atoms with E-state index in [1.807, 2.05) is 48.4 Å². The lowest BCUT2D eigenvalue weighted by Gasteiger charge is -2.37. The van der Waals surface area contributed by atoms with Crippen LogP contribution in [0.3, 0.4) is 0 Å². The van der Waals surface area contributed by atoms with Crippen molar-refractivity contribution in [2.75, 3.05) is 59.1 Å². The number of pyridine rings is 2. The molecule has 0 spiro atoms. The van der Waals surface area contributed by atoms with E-state index in [0.29, 0.717) is 0 Å². The minimum Gasteiger partial charge on any atom is -0.374 e. The highest BCUT2D eigenvalue weighted by Crippen LogP contribution is 2.44. The van der Waals surface area contributed by atoms with E-state index < -0.39 is 0 Å². The topological polar surface area (TPSA) is 72.0 Å². The normalized spacial score (nSPS) is 18.7. The standard InChI is InChI=1S/C29H28N2OS.C22H22N2OS.C18H21NOS/c1-4-11-23(12-5-1)21-31-19-20-32-27(22-31)28(25-15-8-3-9-16-25)33-29-26(17-10-18-30-29)24-13-6-2-7-14-24;1-3-8-17(9-4-1)19-12-7-13-24-22(19)26-21(18-10-5-2-6-11-18)20-16-23-14-15-25-20;21-18(16-9-5-2-6-10-16)17-14-19(11-12-20-17)13-15-7-3-1-4-8-15/h1-18,27-28H,19-22H2;1-13,20-21,23H,14-16H2;1-10,17-18,21H,11-14H2/t27-,28-;20-,21-;17-,18-/m000/s1. The maximum atomic E-state index is 6.39. The molecule has 0 bridgehead atoms. The molecule has 5 heterocycles. The summed E-state index contributed by atoms with van der Waals surface area (Å²) in [6.45, 7) is 9.76. The zero-order valence-electron chi connectivity index (χ0n) is 45.2. The van der Waals surface area contributed by atoms with Crippen molar-refractivity contribution >= 4 is 36.2 Å². The third-order valence-corrected chi connectivity index (χ3v) is 17.8. The van der Waals surface area contributed by atoms with E-state index in [0.717, 1.165) is 82.2 Å². The number of hydrogen-bond acceptors (Lipinski definition) is 11. The summed E-state index contributed by atoms with van der Waals surface area (Å²) in [6, 6.07) is 82.3. The molecule has 0 unspecified atom stereocenters. The molecule has 1 N–H and O–H groups in total. The number of nitrogens with zero attached hydrogens (tertiary/aromatic N) is 4. The Labute approximate surface area is 487 Å². The number of rotatable bonds is 16. The van der Waals surface area contributed by atoms with Gasteiger partial charge in [-0.05, 0) is 51.1 Å². The van der Waals surface area contributed by atoms with Crippen molar-refractivity contribution in [2.24, 2.45) is 0 Å².